The number of carbonyl (C=O) groups is 1. The normalized spacial score (nSPS) is 14.2. The summed E-state index contributed by atoms with van der Waals surface area (Å²) < 4.78 is 41.6. The second kappa shape index (κ2) is 6.66. The van der Waals surface area contributed by atoms with Crippen LogP contribution in [0.2, 0.25) is 0 Å². The lowest BCUT2D eigenvalue weighted by atomic mass is 9.92. The molecule has 126 valence electrons. The van der Waals surface area contributed by atoms with Gasteiger partial charge >= 0.3 is 6.18 Å². The Morgan fingerprint density at radius 2 is 2.05 bits per heavy atom. The monoisotopic (exact) mass is 323 g/mol. The van der Waals surface area contributed by atoms with Crippen LogP contribution in [0.3, 0.4) is 0 Å². The number of amides is 1. The summed E-state index contributed by atoms with van der Waals surface area (Å²) in [7, 11) is 1.30. The van der Waals surface area contributed by atoms with Gasteiger partial charge in [-0.05, 0) is 7.05 Å². The van der Waals surface area contributed by atoms with Gasteiger partial charge in [0.1, 0.15) is 0 Å². The Kier molecular flexibility index (Phi) is 5.58. The molecule has 1 unspecified atom stereocenters. The van der Waals surface area contributed by atoms with Crippen molar-refractivity contribution in [3.8, 4) is 0 Å². The zero-order chi connectivity index (χ0) is 17.1. The molecule has 0 saturated heterocycles. The van der Waals surface area contributed by atoms with Crippen molar-refractivity contribution in [3.63, 3.8) is 0 Å². The molecule has 1 heterocycles. The summed E-state index contributed by atoms with van der Waals surface area (Å²) >= 11 is 0. The van der Waals surface area contributed by atoms with Gasteiger partial charge in [0.05, 0.1) is 12.2 Å². The van der Waals surface area contributed by atoms with Gasteiger partial charge in [-0.15, -0.1) is 0 Å². The average molecular weight is 323 g/mol. The van der Waals surface area contributed by atoms with E-state index in [0.29, 0.717) is 5.69 Å². The molecule has 0 saturated carbocycles. The predicted molar refractivity (Wildman–Crippen MR) is 73.4 cm³/mol. The maximum atomic E-state index is 12.2. The second-order valence-electron chi connectivity index (χ2n) is 6.13. The van der Waals surface area contributed by atoms with Crippen molar-refractivity contribution in [2.24, 2.45) is 0 Å². The fraction of sp³-hybridized carbons (Fsp3) is 0.692. The number of aliphatic hydroxyl groups is 1. The van der Waals surface area contributed by atoms with E-state index in [0.717, 1.165) is 4.90 Å². The van der Waals surface area contributed by atoms with E-state index in [1.54, 1.807) is 6.07 Å². The Morgan fingerprint density at radius 1 is 1.45 bits per heavy atom. The lowest BCUT2D eigenvalue weighted by Crippen LogP contribution is -2.42. The third-order valence-electron chi connectivity index (χ3n) is 2.82. The van der Waals surface area contributed by atoms with E-state index in [4.69, 9.17) is 9.63 Å². The maximum Gasteiger partial charge on any atom is 0.415 e. The van der Waals surface area contributed by atoms with Gasteiger partial charge in [0, 0.05) is 18.0 Å². The van der Waals surface area contributed by atoms with Crippen LogP contribution in [0, 0.1) is 0 Å². The fourth-order valence-electron chi connectivity index (χ4n) is 1.57. The number of hydrogen-bond acceptors (Lipinski definition) is 5. The summed E-state index contributed by atoms with van der Waals surface area (Å²) in [6, 6.07) is 1.56. The van der Waals surface area contributed by atoms with Crippen molar-refractivity contribution in [1.29, 1.82) is 0 Å². The van der Waals surface area contributed by atoms with E-state index >= 15 is 0 Å². The van der Waals surface area contributed by atoms with Gasteiger partial charge in [-0.1, -0.05) is 25.9 Å². The van der Waals surface area contributed by atoms with Crippen LogP contribution in [0.5, 0.6) is 0 Å². The third kappa shape index (κ3) is 5.64. The van der Waals surface area contributed by atoms with Crippen LogP contribution in [0.25, 0.3) is 0 Å². The first-order chi connectivity index (χ1) is 9.89. The third-order valence-corrected chi connectivity index (χ3v) is 2.82. The van der Waals surface area contributed by atoms with E-state index in [9.17, 15) is 18.0 Å². The number of aromatic nitrogens is 1. The highest BCUT2D eigenvalue weighted by atomic mass is 19.4. The number of carbonyl (C=O) groups excluding carboxylic acids is 1. The molecule has 0 radical (unpaired) electrons. The average Bonchev–Trinajstić information content (AvgIpc) is 2.75. The highest BCUT2D eigenvalue weighted by Crippen LogP contribution is 2.23. The summed E-state index contributed by atoms with van der Waals surface area (Å²) in [5.41, 5.74) is 0.392. The first-order valence-electron chi connectivity index (χ1n) is 6.60. The van der Waals surface area contributed by atoms with Gasteiger partial charge in [-0.25, -0.2) is 0 Å². The summed E-state index contributed by atoms with van der Waals surface area (Å²) in [6.07, 6.45) is -7.21. The molecule has 0 spiro atoms. The number of rotatable bonds is 5. The molecule has 6 nitrogen and oxygen atoms in total. The topological polar surface area (TPSA) is 78.6 Å². The van der Waals surface area contributed by atoms with Crippen molar-refractivity contribution in [2.45, 2.75) is 38.5 Å². The molecule has 0 aliphatic carbocycles. The van der Waals surface area contributed by atoms with Crippen LogP contribution in [0.15, 0.2) is 10.6 Å². The Labute approximate surface area is 126 Å². The number of halogens is 3. The van der Waals surface area contributed by atoms with Crippen molar-refractivity contribution < 1.29 is 27.6 Å². The van der Waals surface area contributed by atoms with Crippen LogP contribution in [0.4, 0.5) is 19.1 Å². The second-order valence-corrected chi connectivity index (χ2v) is 6.13. The summed E-state index contributed by atoms with van der Waals surface area (Å²) in [5.74, 6) is -0.437. The number of hydrogen-bond donors (Lipinski definition) is 2. The molecule has 2 N–H and O–H groups in total. The lowest BCUT2D eigenvalue weighted by Gasteiger charge is -2.21. The summed E-state index contributed by atoms with van der Waals surface area (Å²) in [4.78, 5) is 12.8. The smallest absolute Gasteiger partial charge is 0.382 e. The number of aliphatic hydroxyl groups excluding tert-OH is 1. The molecule has 0 bridgehead atoms. The van der Waals surface area contributed by atoms with E-state index in [2.05, 4.69) is 10.5 Å². The molecule has 1 aromatic heterocycles. The van der Waals surface area contributed by atoms with Crippen LogP contribution in [-0.4, -0.2) is 53.5 Å². The minimum atomic E-state index is -4.71. The predicted octanol–water partition coefficient (Wildman–Crippen LogP) is 1.77. The Bertz CT molecular complexity index is 509. The largest absolute Gasteiger partial charge is 0.415 e. The summed E-state index contributed by atoms with van der Waals surface area (Å²) in [6.45, 7) is 4.74. The minimum absolute atomic E-state index is 0.125. The molecule has 1 aromatic rings. The molecule has 9 heteroatoms. The summed E-state index contributed by atoms with van der Waals surface area (Å²) in [5, 5.41) is 15.1. The molecule has 0 aromatic carbocycles. The molecule has 22 heavy (non-hydrogen) atoms. The highest BCUT2D eigenvalue weighted by Gasteiger charge is 2.38. The van der Waals surface area contributed by atoms with Crippen molar-refractivity contribution in [1.82, 2.24) is 10.1 Å². The van der Waals surface area contributed by atoms with Gasteiger partial charge in [-0.3, -0.25) is 15.0 Å². The van der Waals surface area contributed by atoms with Gasteiger partial charge in [0.15, 0.2) is 6.10 Å². The number of nitrogens with zero attached hydrogens (tertiary/aromatic N) is 2. The van der Waals surface area contributed by atoms with E-state index in [1.165, 1.54) is 7.05 Å². The number of nitrogens with one attached hydrogen (secondary N) is 1. The molecule has 0 aliphatic rings. The minimum Gasteiger partial charge on any atom is -0.382 e. The highest BCUT2D eigenvalue weighted by molar-refractivity contribution is 5.90. The van der Waals surface area contributed by atoms with Crippen LogP contribution < -0.4 is 5.32 Å². The zero-order valence-corrected chi connectivity index (χ0v) is 12.9. The van der Waals surface area contributed by atoms with Crippen LogP contribution in [-0.2, 0) is 10.2 Å². The van der Waals surface area contributed by atoms with Gasteiger partial charge in [0.25, 0.3) is 0 Å². The first kappa shape index (κ1) is 18.4. The molecule has 1 amide bonds. The zero-order valence-electron chi connectivity index (χ0n) is 12.9. The molecule has 0 aliphatic heterocycles. The van der Waals surface area contributed by atoms with Crippen LogP contribution in [0.1, 0.15) is 26.5 Å². The van der Waals surface area contributed by atoms with Crippen molar-refractivity contribution in [2.75, 3.05) is 25.5 Å². The Morgan fingerprint density at radius 3 is 2.50 bits per heavy atom. The first-order valence-corrected chi connectivity index (χ1v) is 6.60. The van der Waals surface area contributed by atoms with Crippen molar-refractivity contribution >= 4 is 11.8 Å². The number of alkyl halides is 3. The molecular weight excluding hydrogens is 303 g/mol. The quantitative estimate of drug-likeness (QED) is 0.863. The molecule has 1 rings (SSSR count). The fourth-order valence-corrected chi connectivity index (χ4v) is 1.57. The molecule has 1 atom stereocenters. The maximum absolute atomic E-state index is 12.2. The van der Waals surface area contributed by atoms with Crippen molar-refractivity contribution in [3.05, 3.63) is 11.8 Å². The Hall–Kier alpha value is -1.61. The van der Waals surface area contributed by atoms with Gasteiger partial charge in [0.2, 0.25) is 11.8 Å². The van der Waals surface area contributed by atoms with Gasteiger partial charge < -0.3 is 9.63 Å². The number of likely N-dealkylation sites (N-methyl/N-ethyl adjacent to an activating group) is 1. The molecule has 0 fully saturated rings. The standard InChI is InChI=1S/C13H20F3N3O3/c1-12(2,3)8-5-11(22-18-8)17-10(21)7-19(4)6-9(20)13(14,15)16/h5,9,20H,6-7H2,1-4H3,(H,17,21). The Balaban J connectivity index is 2.51. The van der Waals surface area contributed by atoms with E-state index in [1.807, 2.05) is 20.8 Å². The van der Waals surface area contributed by atoms with E-state index in [-0.39, 0.29) is 17.8 Å². The van der Waals surface area contributed by atoms with Crippen LogP contribution >= 0.6 is 0 Å². The molecular formula is C13H20F3N3O3. The SMILES string of the molecule is CN(CC(=O)Nc1cc(C(C)(C)C)no1)CC(O)C(F)(F)F. The number of anilines is 1. The lowest BCUT2D eigenvalue weighted by molar-refractivity contribution is -0.207. The van der Waals surface area contributed by atoms with E-state index < -0.39 is 24.7 Å². The van der Waals surface area contributed by atoms with Gasteiger partial charge in [-0.2, -0.15) is 13.2 Å².